The maximum Gasteiger partial charge on any atom is -0.0351 e. The molecule has 0 bridgehead atoms. The Morgan fingerprint density at radius 3 is 1.71 bits per heavy atom. The summed E-state index contributed by atoms with van der Waals surface area (Å²) in [6, 6.07) is 0. The first-order chi connectivity index (χ1) is 8.06. The van der Waals surface area contributed by atoms with Crippen LogP contribution in [0, 0.1) is 17.8 Å². The molecule has 0 amide bonds. The lowest BCUT2D eigenvalue weighted by Crippen LogP contribution is -1.99. The van der Waals surface area contributed by atoms with E-state index in [1.165, 1.54) is 51.4 Å². The van der Waals surface area contributed by atoms with Crippen LogP contribution < -0.4 is 0 Å². The quantitative estimate of drug-likeness (QED) is 0.375. The first-order valence-electron chi connectivity index (χ1n) is 7.67. The average Bonchev–Trinajstić information content (AvgIpc) is 2.25. The van der Waals surface area contributed by atoms with Crippen LogP contribution >= 0.6 is 0 Å². The molecular formula is C17H34. The van der Waals surface area contributed by atoms with Crippen LogP contribution in [0.5, 0.6) is 0 Å². The van der Waals surface area contributed by atoms with Crippen LogP contribution in [-0.4, -0.2) is 0 Å². The van der Waals surface area contributed by atoms with Gasteiger partial charge in [-0.1, -0.05) is 72.3 Å². The number of allylic oxidation sites excluding steroid dienone is 1. The molecule has 0 saturated carbocycles. The second-order valence-corrected chi connectivity index (χ2v) is 6.33. The molecule has 0 nitrogen and oxygen atoms in total. The fourth-order valence-electron chi connectivity index (χ4n) is 2.38. The summed E-state index contributed by atoms with van der Waals surface area (Å²) in [6.45, 7) is 13.2. The summed E-state index contributed by atoms with van der Waals surface area (Å²) >= 11 is 0. The van der Waals surface area contributed by atoms with E-state index in [0.717, 1.165) is 17.8 Å². The van der Waals surface area contributed by atoms with E-state index in [4.69, 9.17) is 0 Å². The van der Waals surface area contributed by atoms with E-state index in [0.29, 0.717) is 0 Å². The van der Waals surface area contributed by atoms with Gasteiger partial charge < -0.3 is 0 Å². The van der Waals surface area contributed by atoms with Gasteiger partial charge in [0.15, 0.2) is 0 Å². The molecule has 0 aromatic carbocycles. The van der Waals surface area contributed by atoms with Crippen LogP contribution in [0.1, 0.15) is 79.1 Å². The fourth-order valence-corrected chi connectivity index (χ4v) is 2.38. The minimum Gasteiger partial charge on any atom is -0.103 e. The lowest BCUT2D eigenvalue weighted by molar-refractivity contribution is 0.393. The molecule has 0 aromatic rings. The van der Waals surface area contributed by atoms with Gasteiger partial charge in [-0.05, 0) is 30.6 Å². The zero-order chi connectivity index (χ0) is 13.1. The van der Waals surface area contributed by atoms with Gasteiger partial charge in [-0.3, -0.25) is 0 Å². The van der Waals surface area contributed by atoms with Gasteiger partial charge in [0.05, 0.1) is 0 Å². The van der Waals surface area contributed by atoms with Gasteiger partial charge in [-0.25, -0.2) is 0 Å². The summed E-state index contributed by atoms with van der Waals surface area (Å²) in [6.07, 6.45) is 13.1. The Morgan fingerprint density at radius 1 is 0.765 bits per heavy atom. The smallest absolute Gasteiger partial charge is 0.0351 e. The molecule has 2 unspecified atom stereocenters. The summed E-state index contributed by atoms with van der Waals surface area (Å²) in [7, 11) is 0. The second-order valence-electron chi connectivity index (χ2n) is 6.33. The minimum atomic E-state index is 0.876. The highest BCUT2D eigenvalue weighted by molar-refractivity contribution is 4.68. The van der Waals surface area contributed by atoms with Crippen LogP contribution in [0.25, 0.3) is 0 Å². The van der Waals surface area contributed by atoms with Crippen molar-refractivity contribution in [2.45, 2.75) is 79.1 Å². The Bertz CT molecular complexity index is 169. The van der Waals surface area contributed by atoms with Gasteiger partial charge in [0, 0.05) is 0 Å². The Labute approximate surface area is 110 Å². The van der Waals surface area contributed by atoms with Crippen molar-refractivity contribution in [2.75, 3.05) is 0 Å². The molecule has 0 spiro atoms. The molecule has 0 aliphatic rings. The summed E-state index contributed by atoms with van der Waals surface area (Å²) in [4.78, 5) is 0. The largest absolute Gasteiger partial charge is 0.103 e. The van der Waals surface area contributed by atoms with Gasteiger partial charge in [-0.15, -0.1) is 6.58 Å². The molecule has 17 heavy (non-hydrogen) atoms. The highest BCUT2D eigenvalue weighted by Crippen LogP contribution is 2.20. The summed E-state index contributed by atoms with van der Waals surface area (Å²) in [5, 5.41) is 0. The SMILES string of the molecule is C=CCCC(C)CCCC(C)CCCC(C)C. The molecule has 0 fully saturated rings. The van der Waals surface area contributed by atoms with Crippen molar-refractivity contribution in [1.29, 1.82) is 0 Å². The predicted molar refractivity (Wildman–Crippen MR) is 80.3 cm³/mol. The third-order valence-corrected chi connectivity index (χ3v) is 3.74. The number of hydrogen-bond donors (Lipinski definition) is 0. The van der Waals surface area contributed by atoms with Crippen LogP contribution in [0.4, 0.5) is 0 Å². The molecule has 0 aromatic heterocycles. The first kappa shape index (κ1) is 16.7. The maximum atomic E-state index is 3.79. The van der Waals surface area contributed by atoms with E-state index in [1.807, 2.05) is 6.08 Å². The lowest BCUT2D eigenvalue weighted by atomic mass is 9.92. The van der Waals surface area contributed by atoms with E-state index >= 15 is 0 Å². The molecule has 0 radical (unpaired) electrons. The van der Waals surface area contributed by atoms with E-state index in [1.54, 1.807) is 0 Å². The topological polar surface area (TPSA) is 0 Å². The molecule has 0 heteroatoms. The van der Waals surface area contributed by atoms with Crippen molar-refractivity contribution in [3.63, 3.8) is 0 Å². The monoisotopic (exact) mass is 238 g/mol. The number of rotatable bonds is 11. The Kier molecular flexibility index (Phi) is 10.7. The third-order valence-electron chi connectivity index (χ3n) is 3.74. The van der Waals surface area contributed by atoms with Crippen molar-refractivity contribution < 1.29 is 0 Å². The maximum absolute atomic E-state index is 3.79. The second kappa shape index (κ2) is 10.9. The molecule has 0 saturated heterocycles. The van der Waals surface area contributed by atoms with Crippen molar-refractivity contribution in [1.82, 2.24) is 0 Å². The van der Waals surface area contributed by atoms with Gasteiger partial charge in [-0.2, -0.15) is 0 Å². The van der Waals surface area contributed by atoms with Gasteiger partial charge in [0.1, 0.15) is 0 Å². The van der Waals surface area contributed by atoms with E-state index in [9.17, 15) is 0 Å². The zero-order valence-corrected chi connectivity index (χ0v) is 12.7. The fraction of sp³-hybridized carbons (Fsp3) is 0.882. The van der Waals surface area contributed by atoms with Crippen molar-refractivity contribution in [2.24, 2.45) is 17.8 Å². The zero-order valence-electron chi connectivity index (χ0n) is 12.7. The standard InChI is InChI=1S/C17H34/c1-6-7-11-16(4)13-9-14-17(5)12-8-10-15(2)3/h6,15-17H,1,7-14H2,2-5H3. The Balaban J connectivity index is 3.37. The normalized spacial score (nSPS) is 14.9. The summed E-state index contributed by atoms with van der Waals surface area (Å²) in [5.74, 6) is 2.69. The molecule has 0 aliphatic heterocycles. The van der Waals surface area contributed by atoms with Crippen molar-refractivity contribution in [3.05, 3.63) is 12.7 Å². The van der Waals surface area contributed by atoms with E-state index in [-0.39, 0.29) is 0 Å². The van der Waals surface area contributed by atoms with Crippen molar-refractivity contribution >= 4 is 0 Å². The highest BCUT2D eigenvalue weighted by atomic mass is 14.1. The molecule has 0 aliphatic carbocycles. The molecule has 0 rings (SSSR count). The molecular weight excluding hydrogens is 204 g/mol. The van der Waals surface area contributed by atoms with Gasteiger partial charge >= 0.3 is 0 Å². The minimum absolute atomic E-state index is 0.876. The third kappa shape index (κ3) is 12.0. The number of hydrogen-bond acceptors (Lipinski definition) is 0. The predicted octanol–water partition coefficient (Wildman–Crippen LogP) is 6.22. The Hall–Kier alpha value is -0.260. The van der Waals surface area contributed by atoms with Crippen molar-refractivity contribution in [3.8, 4) is 0 Å². The highest BCUT2D eigenvalue weighted by Gasteiger charge is 2.05. The van der Waals surface area contributed by atoms with Crippen LogP contribution in [0.15, 0.2) is 12.7 Å². The molecule has 0 heterocycles. The molecule has 2 atom stereocenters. The van der Waals surface area contributed by atoms with Gasteiger partial charge in [0.2, 0.25) is 0 Å². The first-order valence-corrected chi connectivity index (χ1v) is 7.67. The summed E-state index contributed by atoms with van der Waals surface area (Å²) in [5.41, 5.74) is 0. The summed E-state index contributed by atoms with van der Waals surface area (Å²) < 4.78 is 0. The molecule has 0 N–H and O–H groups in total. The van der Waals surface area contributed by atoms with Gasteiger partial charge in [0.25, 0.3) is 0 Å². The van der Waals surface area contributed by atoms with Crippen LogP contribution in [-0.2, 0) is 0 Å². The van der Waals surface area contributed by atoms with Crippen LogP contribution in [0.2, 0.25) is 0 Å². The molecule has 102 valence electrons. The van der Waals surface area contributed by atoms with Crippen LogP contribution in [0.3, 0.4) is 0 Å². The average molecular weight is 238 g/mol. The van der Waals surface area contributed by atoms with E-state index < -0.39 is 0 Å². The van der Waals surface area contributed by atoms with E-state index in [2.05, 4.69) is 34.3 Å². The Morgan fingerprint density at radius 2 is 1.24 bits per heavy atom. The lowest BCUT2D eigenvalue weighted by Gasteiger charge is -2.14.